The van der Waals surface area contributed by atoms with Crippen molar-refractivity contribution in [3.63, 3.8) is 0 Å². The van der Waals surface area contributed by atoms with E-state index in [1.54, 1.807) is 30.1 Å². The molecule has 9 nitrogen and oxygen atoms in total. The van der Waals surface area contributed by atoms with Crippen LogP contribution >= 0.6 is 0 Å². The van der Waals surface area contributed by atoms with Crippen molar-refractivity contribution in [2.24, 2.45) is 0 Å². The number of fused-ring (bicyclic) bond motifs is 1. The normalized spacial score (nSPS) is 12.6. The van der Waals surface area contributed by atoms with Crippen molar-refractivity contribution in [1.82, 2.24) is 15.5 Å². The number of urea groups is 1. The molecule has 4 amide bonds. The molecule has 0 fully saturated rings. The second-order valence-corrected chi connectivity index (χ2v) is 6.57. The highest BCUT2D eigenvalue weighted by Crippen LogP contribution is 2.32. The number of amides is 4. The van der Waals surface area contributed by atoms with Crippen molar-refractivity contribution in [2.45, 2.75) is 26.3 Å². The fourth-order valence-corrected chi connectivity index (χ4v) is 2.46. The second-order valence-electron chi connectivity index (χ2n) is 6.57. The number of hydrogen-bond acceptors (Lipinski definition) is 6. The Kier molecular flexibility index (Phi) is 7.42. The van der Waals surface area contributed by atoms with Gasteiger partial charge in [-0.3, -0.25) is 19.8 Å². The molecule has 2 rings (SSSR count). The summed E-state index contributed by atoms with van der Waals surface area (Å²) in [6.45, 7) is 5.24. The monoisotopic (exact) mass is 378 g/mol. The van der Waals surface area contributed by atoms with Crippen LogP contribution in [0.3, 0.4) is 0 Å². The van der Waals surface area contributed by atoms with Gasteiger partial charge < -0.3 is 20.1 Å². The highest BCUT2D eigenvalue weighted by atomic mass is 16.6. The van der Waals surface area contributed by atoms with Gasteiger partial charge in [0.2, 0.25) is 11.8 Å². The number of hydrogen-bond donors (Lipinski definition) is 3. The van der Waals surface area contributed by atoms with Crippen molar-refractivity contribution >= 4 is 23.5 Å². The number of nitrogens with one attached hydrogen (secondary N) is 3. The van der Waals surface area contributed by atoms with E-state index in [9.17, 15) is 14.4 Å². The minimum Gasteiger partial charge on any atom is -0.486 e. The van der Waals surface area contributed by atoms with E-state index in [2.05, 4.69) is 16.0 Å². The third-order valence-corrected chi connectivity index (χ3v) is 3.64. The third-order valence-electron chi connectivity index (χ3n) is 3.64. The van der Waals surface area contributed by atoms with E-state index < -0.39 is 11.9 Å². The number of nitrogens with zero attached hydrogens (tertiary/aromatic N) is 1. The molecule has 0 unspecified atom stereocenters. The van der Waals surface area contributed by atoms with Crippen LogP contribution in [0.2, 0.25) is 0 Å². The Morgan fingerprint density at radius 1 is 1.11 bits per heavy atom. The van der Waals surface area contributed by atoms with Crippen molar-refractivity contribution in [2.75, 3.05) is 38.7 Å². The first-order valence-corrected chi connectivity index (χ1v) is 8.82. The van der Waals surface area contributed by atoms with Gasteiger partial charge in [0.05, 0.1) is 6.54 Å². The van der Waals surface area contributed by atoms with Crippen LogP contribution < -0.4 is 25.4 Å². The number of carbonyl (C=O) groups is 3. The highest BCUT2D eigenvalue weighted by molar-refractivity contribution is 6.01. The summed E-state index contributed by atoms with van der Waals surface area (Å²) >= 11 is 0. The molecular formula is C18H26N4O5. The van der Waals surface area contributed by atoms with Gasteiger partial charge >= 0.3 is 6.03 Å². The van der Waals surface area contributed by atoms with Gasteiger partial charge in [0.15, 0.2) is 11.5 Å². The Hall–Kier alpha value is -2.81. The molecule has 1 aliphatic heterocycles. The molecule has 1 heterocycles. The van der Waals surface area contributed by atoms with Crippen LogP contribution in [0.25, 0.3) is 0 Å². The van der Waals surface area contributed by atoms with Gasteiger partial charge in [0, 0.05) is 30.8 Å². The maximum atomic E-state index is 11.9. The average Bonchev–Trinajstić information content (AvgIpc) is 2.59. The molecular weight excluding hydrogens is 352 g/mol. The molecule has 27 heavy (non-hydrogen) atoms. The summed E-state index contributed by atoms with van der Waals surface area (Å²) < 4.78 is 10.9. The minimum absolute atomic E-state index is 0.0680. The molecule has 1 aromatic carbocycles. The smallest absolute Gasteiger partial charge is 0.325 e. The molecule has 3 N–H and O–H groups in total. The van der Waals surface area contributed by atoms with Crippen molar-refractivity contribution in [3.05, 3.63) is 18.2 Å². The first-order chi connectivity index (χ1) is 12.8. The standard InChI is InChI=1S/C18H26N4O5/c1-12(2)19-17(24)11-22(3)7-6-16(23)21-18(25)20-13-4-5-14-15(10-13)27-9-8-26-14/h4-5,10,12H,6-9,11H2,1-3H3,(H,19,24)(H2,20,21,23,25). The minimum atomic E-state index is -0.628. The molecule has 0 bridgehead atoms. The van der Waals surface area contributed by atoms with Gasteiger partial charge in [-0.1, -0.05) is 0 Å². The van der Waals surface area contributed by atoms with Gasteiger partial charge in [0.25, 0.3) is 0 Å². The summed E-state index contributed by atoms with van der Waals surface area (Å²) in [7, 11) is 1.74. The van der Waals surface area contributed by atoms with Gasteiger partial charge in [-0.25, -0.2) is 4.79 Å². The number of imide groups is 1. The maximum Gasteiger partial charge on any atom is 0.325 e. The fraction of sp³-hybridized carbons (Fsp3) is 0.500. The Bertz CT molecular complexity index is 692. The lowest BCUT2D eigenvalue weighted by Gasteiger charge is -2.19. The molecule has 0 aromatic heterocycles. The van der Waals surface area contributed by atoms with E-state index in [0.29, 0.717) is 36.9 Å². The molecule has 0 aliphatic carbocycles. The van der Waals surface area contributed by atoms with E-state index in [0.717, 1.165) is 0 Å². The highest BCUT2D eigenvalue weighted by Gasteiger charge is 2.14. The zero-order valence-electron chi connectivity index (χ0n) is 15.8. The number of rotatable bonds is 7. The Morgan fingerprint density at radius 3 is 2.52 bits per heavy atom. The summed E-state index contributed by atoms with van der Waals surface area (Å²) in [5, 5.41) is 7.62. The Labute approximate surface area is 158 Å². The summed E-state index contributed by atoms with van der Waals surface area (Å²) in [5.41, 5.74) is 0.493. The molecule has 0 atom stereocenters. The molecule has 148 valence electrons. The van der Waals surface area contributed by atoms with Crippen LogP contribution in [-0.4, -0.2) is 62.1 Å². The van der Waals surface area contributed by atoms with E-state index in [1.807, 2.05) is 13.8 Å². The van der Waals surface area contributed by atoms with Crippen LogP contribution in [0.5, 0.6) is 11.5 Å². The van der Waals surface area contributed by atoms with Gasteiger partial charge in [0.1, 0.15) is 13.2 Å². The number of anilines is 1. The van der Waals surface area contributed by atoms with Crippen LogP contribution in [0.15, 0.2) is 18.2 Å². The predicted octanol–water partition coefficient (Wildman–Crippen LogP) is 0.952. The Balaban J connectivity index is 1.72. The number of benzene rings is 1. The van der Waals surface area contributed by atoms with Crippen LogP contribution in [0.1, 0.15) is 20.3 Å². The average molecular weight is 378 g/mol. The number of likely N-dealkylation sites (N-methyl/N-ethyl adjacent to an activating group) is 1. The third kappa shape index (κ3) is 7.14. The lowest BCUT2D eigenvalue weighted by Crippen LogP contribution is -2.40. The second kappa shape index (κ2) is 9.77. The molecule has 0 saturated heterocycles. The van der Waals surface area contributed by atoms with E-state index in [4.69, 9.17) is 9.47 Å². The SMILES string of the molecule is CC(C)NC(=O)CN(C)CCC(=O)NC(=O)Nc1ccc2c(c1)OCCO2. The van der Waals surface area contributed by atoms with E-state index >= 15 is 0 Å². The van der Waals surface area contributed by atoms with Gasteiger partial charge in [-0.15, -0.1) is 0 Å². The molecule has 1 aliphatic rings. The summed E-state index contributed by atoms with van der Waals surface area (Å²) in [6, 6.07) is 4.44. The lowest BCUT2D eigenvalue weighted by molar-refractivity contribution is -0.124. The Morgan fingerprint density at radius 2 is 1.81 bits per heavy atom. The zero-order chi connectivity index (χ0) is 19.8. The lowest BCUT2D eigenvalue weighted by atomic mass is 10.2. The fourth-order valence-electron chi connectivity index (χ4n) is 2.46. The van der Waals surface area contributed by atoms with E-state index in [1.165, 1.54) is 0 Å². The summed E-state index contributed by atoms with van der Waals surface area (Å²) in [6.07, 6.45) is 0.0972. The maximum absolute atomic E-state index is 11.9. The summed E-state index contributed by atoms with van der Waals surface area (Å²) in [4.78, 5) is 37.2. The van der Waals surface area contributed by atoms with Crippen molar-refractivity contribution < 1.29 is 23.9 Å². The molecule has 9 heteroatoms. The van der Waals surface area contributed by atoms with Crippen LogP contribution in [0.4, 0.5) is 10.5 Å². The van der Waals surface area contributed by atoms with Crippen molar-refractivity contribution in [3.8, 4) is 11.5 Å². The molecule has 1 aromatic rings. The zero-order valence-corrected chi connectivity index (χ0v) is 15.8. The molecule has 0 spiro atoms. The topological polar surface area (TPSA) is 109 Å². The molecule has 0 radical (unpaired) electrons. The quantitative estimate of drug-likeness (QED) is 0.652. The summed E-state index contributed by atoms with van der Waals surface area (Å²) in [5.74, 6) is 0.630. The van der Waals surface area contributed by atoms with Crippen LogP contribution in [0, 0.1) is 0 Å². The van der Waals surface area contributed by atoms with E-state index in [-0.39, 0.29) is 24.9 Å². The number of ether oxygens (including phenoxy) is 2. The largest absolute Gasteiger partial charge is 0.486 e. The van der Waals surface area contributed by atoms with Crippen molar-refractivity contribution in [1.29, 1.82) is 0 Å². The molecule has 0 saturated carbocycles. The van der Waals surface area contributed by atoms with Gasteiger partial charge in [-0.05, 0) is 33.0 Å². The van der Waals surface area contributed by atoms with Crippen LogP contribution in [-0.2, 0) is 9.59 Å². The van der Waals surface area contributed by atoms with Gasteiger partial charge in [-0.2, -0.15) is 0 Å². The first-order valence-electron chi connectivity index (χ1n) is 8.82. The first kappa shape index (κ1) is 20.5. The number of carbonyl (C=O) groups excluding carboxylic acids is 3. The predicted molar refractivity (Wildman–Crippen MR) is 100.0 cm³/mol.